The van der Waals surface area contributed by atoms with E-state index in [9.17, 15) is 0 Å². The van der Waals surface area contributed by atoms with Crippen LogP contribution in [0.2, 0.25) is 0 Å². The van der Waals surface area contributed by atoms with Crippen LogP contribution in [0.4, 0.5) is 5.69 Å². The second-order valence-corrected chi connectivity index (χ2v) is 8.72. The highest BCUT2D eigenvalue weighted by atomic mass is 32.1. The largest absolute Gasteiger partial charge is 0.351 e. The number of nitrogens with zero attached hydrogens (tertiary/aromatic N) is 3. The minimum atomic E-state index is -0.0465. The van der Waals surface area contributed by atoms with Crippen molar-refractivity contribution in [2.24, 2.45) is 0 Å². The first-order valence-corrected chi connectivity index (χ1v) is 11.3. The zero-order valence-electron chi connectivity index (χ0n) is 18.5. The SMILES string of the molecule is Cc1ccc(N2C(=S)N[C@H](c3ccccn3)[C@@H]2c2cc(C)n(-c3ccccc3)c2C)cc1. The van der Waals surface area contributed by atoms with Gasteiger partial charge in [-0.1, -0.05) is 42.0 Å². The van der Waals surface area contributed by atoms with E-state index in [1.54, 1.807) is 0 Å². The van der Waals surface area contributed by atoms with Gasteiger partial charge in [0.15, 0.2) is 5.11 Å². The van der Waals surface area contributed by atoms with Crippen LogP contribution in [-0.4, -0.2) is 14.7 Å². The van der Waals surface area contributed by atoms with Crippen LogP contribution >= 0.6 is 12.2 Å². The molecule has 4 aromatic rings. The van der Waals surface area contributed by atoms with Crippen molar-refractivity contribution in [2.75, 3.05) is 4.90 Å². The summed E-state index contributed by atoms with van der Waals surface area (Å²) in [6.45, 7) is 6.46. The number of thiocarbonyl (C=S) groups is 1. The van der Waals surface area contributed by atoms with Crippen molar-refractivity contribution in [3.8, 4) is 5.69 Å². The standard InChI is InChI=1S/C27H26N4S/c1-18-12-14-22(15-13-18)31-26(25(29-27(31)32)24-11-7-8-16-28-24)23-17-19(2)30(20(23)3)21-9-5-4-6-10-21/h4-17,25-26H,1-3H3,(H,29,32)/t25-,26+/m1/s1. The molecule has 0 bridgehead atoms. The molecule has 3 heterocycles. The molecule has 4 nitrogen and oxygen atoms in total. The first kappa shape index (κ1) is 20.5. The van der Waals surface area contributed by atoms with E-state index in [-0.39, 0.29) is 12.1 Å². The Bertz CT molecular complexity index is 1250. The fraction of sp³-hybridized carbons (Fsp3) is 0.185. The maximum absolute atomic E-state index is 5.87. The van der Waals surface area contributed by atoms with E-state index in [4.69, 9.17) is 12.2 Å². The van der Waals surface area contributed by atoms with Crippen LogP contribution < -0.4 is 10.2 Å². The van der Waals surface area contributed by atoms with Crippen molar-refractivity contribution in [1.82, 2.24) is 14.9 Å². The summed E-state index contributed by atoms with van der Waals surface area (Å²) in [6.07, 6.45) is 1.85. The van der Waals surface area contributed by atoms with Gasteiger partial charge in [-0.25, -0.2) is 0 Å². The highest BCUT2D eigenvalue weighted by Gasteiger charge is 2.42. The summed E-state index contributed by atoms with van der Waals surface area (Å²) in [5.41, 5.74) is 8.12. The maximum atomic E-state index is 5.87. The molecule has 1 N–H and O–H groups in total. The third-order valence-electron chi connectivity index (χ3n) is 6.21. The lowest BCUT2D eigenvalue weighted by atomic mass is 9.96. The fourth-order valence-corrected chi connectivity index (χ4v) is 5.06. The van der Waals surface area contributed by atoms with Crippen molar-refractivity contribution in [2.45, 2.75) is 32.9 Å². The van der Waals surface area contributed by atoms with E-state index < -0.39 is 0 Å². The summed E-state index contributed by atoms with van der Waals surface area (Å²) in [7, 11) is 0. The molecule has 5 rings (SSSR count). The lowest BCUT2D eigenvalue weighted by molar-refractivity contribution is 0.565. The number of aromatic nitrogens is 2. The van der Waals surface area contributed by atoms with E-state index in [0.29, 0.717) is 0 Å². The number of hydrogen-bond donors (Lipinski definition) is 1. The Balaban J connectivity index is 1.68. The lowest BCUT2D eigenvalue weighted by Gasteiger charge is -2.28. The molecule has 0 radical (unpaired) electrons. The Labute approximate surface area is 194 Å². The van der Waals surface area contributed by atoms with E-state index >= 15 is 0 Å². The topological polar surface area (TPSA) is 33.1 Å². The first-order valence-electron chi connectivity index (χ1n) is 10.9. The zero-order valence-corrected chi connectivity index (χ0v) is 19.3. The smallest absolute Gasteiger partial charge is 0.174 e. The van der Waals surface area contributed by atoms with Gasteiger partial charge in [-0.3, -0.25) is 4.98 Å². The Morgan fingerprint density at radius 1 is 0.844 bits per heavy atom. The molecule has 1 aliphatic rings. The van der Waals surface area contributed by atoms with Crippen LogP contribution in [0, 0.1) is 20.8 Å². The Kier molecular flexibility index (Phi) is 5.27. The van der Waals surface area contributed by atoms with Crippen molar-refractivity contribution in [1.29, 1.82) is 0 Å². The number of hydrogen-bond acceptors (Lipinski definition) is 2. The van der Waals surface area contributed by atoms with Gasteiger partial charge in [-0.2, -0.15) is 0 Å². The quantitative estimate of drug-likeness (QED) is 0.398. The van der Waals surface area contributed by atoms with Crippen LogP contribution in [0.15, 0.2) is 85.1 Å². The van der Waals surface area contributed by atoms with Gasteiger partial charge in [0.25, 0.3) is 0 Å². The average Bonchev–Trinajstić information content (AvgIpc) is 3.31. The number of nitrogens with one attached hydrogen (secondary N) is 1. The van der Waals surface area contributed by atoms with Gasteiger partial charge in [0.05, 0.1) is 17.8 Å². The number of para-hydroxylation sites is 1. The highest BCUT2D eigenvalue weighted by molar-refractivity contribution is 7.80. The Morgan fingerprint density at radius 2 is 1.56 bits per heavy atom. The summed E-state index contributed by atoms with van der Waals surface area (Å²) in [5, 5.41) is 4.28. The Morgan fingerprint density at radius 3 is 2.25 bits per heavy atom. The molecule has 0 spiro atoms. The molecule has 1 aliphatic heterocycles. The zero-order chi connectivity index (χ0) is 22.2. The summed E-state index contributed by atoms with van der Waals surface area (Å²) < 4.78 is 2.32. The molecule has 0 amide bonds. The van der Waals surface area contributed by atoms with Gasteiger partial charge in [0.1, 0.15) is 0 Å². The minimum absolute atomic E-state index is 0.0104. The number of benzene rings is 2. The van der Waals surface area contributed by atoms with Crippen LogP contribution in [0.5, 0.6) is 0 Å². The highest BCUT2D eigenvalue weighted by Crippen LogP contribution is 2.43. The summed E-state index contributed by atoms with van der Waals surface area (Å²) in [5.74, 6) is 0. The molecule has 5 heteroatoms. The van der Waals surface area contributed by atoms with Gasteiger partial charge < -0.3 is 14.8 Å². The normalized spacial score (nSPS) is 18.1. The van der Waals surface area contributed by atoms with Crippen molar-refractivity contribution < 1.29 is 0 Å². The van der Waals surface area contributed by atoms with Gasteiger partial charge in [-0.05, 0) is 81.0 Å². The van der Waals surface area contributed by atoms with Crippen molar-refractivity contribution >= 4 is 23.0 Å². The second kappa shape index (κ2) is 8.24. The second-order valence-electron chi connectivity index (χ2n) is 8.33. The molecule has 1 saturated heterocycles. The van der Waals surface area contributed by atoms with Crippen molar-refractivity contribution in [3.63, 3.8) is 0 Å². The molecule has 1 fully saturated rings. The third kappa shape index (κ3) is 3.49. The molecule has 0 aliphatic carbocycles. The van der Waals surface area contributed by atoms with Crippen LogP contribution in [-0.2, 0) is 0 Å². The van der Waals surface area contributed by atoms with Crippen LogP contribution in [0.1, 0.15) is 40.3 Å². The lowest BCUT2D eigenvalue weighted by Crippen LogP contribution is -2.29. The summed E-state index contributed by atoms with van der Waals surface area (Å²) >= 11 is 5.87. The van der Waals surface area contributed by atoms with Crippen LogP contribution in [0.25, 0.3) is 5.69 Å². The van der Waals surface area contributed by atoms with E-state index in [2.05, 4.69) is 101 Å². The maximum Gasteiger partial charge on any atom is 0.174 e. The van der Waals surface area contributed by atoms with E-state index in [0.717, 1.165) is 16.5 Å². The van der Waals surface area contributed by atoms with Gasteiger partial charge in [0, 0.05) is 29.0 Å². The molecule has 160 valence electrons. The molecule has 2 aromatic heterocycles. The van der Waals surface area contributed by atoms with Crippen LogP contribution in [0.3, 0.4) is 0 Å². The average molecular weight is 439 g/mol. The van der Waals surface area contributed by atoms with E-state index in [1.807, 2.05) is 24.4 Å². The van der Waals surface area contributed by atoms with Crippen molar-refractivity contribution in [3.05, 3.63) is 113 Å². The Hall–Kier alpha value is -3.44. The number of anilines is 1. The molecule has 32 heavy (non-hydrogen) atoms. The summed E-state index contributed by atoms with van der Waals surface area (Å²) in [4.78, 5) is 6.92. The fourth-order valence-electron chi connectivity index (χ4n) is 4.72. The molecular weight excluding hydrogens is 412 g/mol. The van der Waals surface area contributed by atoms with E-state index in [1.165, 1.54) is 28.2 Å². The first-order chi connectivity index (χ1) is 15.5. The number of aryl methyl sites for hydroxylation is 2. The van der Waals surface area contributed by atoms with Gasteiger partial charge >= 0.3 is 0 Å². The third-order valence-corrected chi connectivity index (χ3v) is 6.53. The monoisotopic (exact) mass is 438 g/mol. The summed E-state index contributed by atoms with van der Waals surface area (Å²) in [6, 6.07) is 27.4. The number of pyridine rings is 1. The molecular formula is C27H26N4S. The molecule has 2 atom stereocenters. The molecule has 0 saturated carbocycles. The molecule has 0 unspecified atom stereocenters. The predicted molar refractivity (Wildman–Crippen MR) is 134 cm³/mol. The minimum Gasteiger partial charge on any atom is -0.351 e. The predicted octanol–water partition coefficient (Wildman–Crippen LogP) is 5.97. The number of rotatable bonds is 4. The van der Waals surface area contributed by atoms with Gasteiger partial charge in [0.2, 0.25) is 0 Å². The van der Waals surface area contributed by atoms with Gasteiger partial charge in [-0.15, -0.1) is 0 Å². The molecule has 2 aromatic carbocycles.